The summed E-state index contributed by atoms with van der Waals surface area (Å²) in [6, 6.07) is 0. The van der Waals surface area contributed by atoms with Gasteiger partial charge in [0.2, 0.25) is 0 Å². The van der Waals surface area contributed by atoms with Crippen molar-refractivity contribution in [2.75, 3.05) is 6.61 Å². The van der Waals surface area contributed by atoms with E-state index in [1.807, 2.05) is 12.2 Å². The summed E-state index contributed by atoms with van der Waals surface area (Å²) in [5, 5.41) is 19.9. The Bertz CT molecular complexity index is 299. The zero-order valence-electron chi connectivity index (χ0n) is 5.86. The van der Waals surface area contributed by atoms with Gasteiger partial charge in [0.15, 0.2) is 0 Å². The fraction of sp³-hybridized carbons (Fsp3) is 0.286. The third-order valence-corrected chi connectivity index (χ3v) is 1.69. The summed E-state index contributed by atoms with van der Waals surface area (Å²) < 4.78 is 0. The zero-order valence-corrected chi connectivity index (χ0v) is 5.86. The first-order valence-corrected chi connectivity index (χ1v) is 3.38. The molecule has 1 aliphatic heterocycles. The van der Waals surface area contributed by atoms with E-state index in [-0.39, 0.29) is 6.61 Å². The average molecular weight is 149 g/mol. The lowest BCUT2D eigenvalue weighted by atomic mass is 10.0. The molecule has 0 spiro atoms. The molecule has 0 saturated carbocycles. The molecule has 4 nitrogen and oxygen atoms in total. The SMILES string of the molecule is OCC1=CC=C2N=NN=C2C1. The first-order chi connectivity index (χ1) is 5.40. The second-order valence-electron chi connectivity index (χ2n) is 2.45. The molecule has 0 aromatic heterocycles. The number of rotatable bonds is 1. The Labute approximate surface area is 63.6 Å². The molecule has 0 radical (unpaired) electrons. The van der Waals surface area contributed by atoms with Crippen molar-refractivity contribution in [1.82, 2.24) is 0 Å². The molecule has 0 aromatic carbocycles. The van der Waals surface area contributed by atoms with E-state index in [4.69, 9.17) is 5.11 Å². The van der Waals surface area contributed by atoms with Gasteiger partial charge in [-0.15, -0.1) is 10.2 Å². The standard InChI is InChI=1S/C7H7N3O/c11-4-5-1-2-6-7(3-5)9-10-8-6/h1-2,11H,3-4H2. The molecule has 0 bridgehead atoms. The fourth-order valence-electron chi connectivity index (χ4n) is 1.07. The number of allylic oxidation sites excluding steroid dienone is 3. The quantitative estimate of drug-likeness (QED) is 0.594. The van der Waals surface area contributed by atoms with E-state index in [2.05, 4.69) is 15.4 Å². The molecule has 0 fully saturated rings. The predicted molar refractivity (Wildman–Crippen MR) is 40.2 cm³/mol. The van der Waals surface area contributed by atoms with E-state index in [9.17, 15) is 0 Å². The number of hydrogen-bond donors (Lipinski definition) is 1. The Morgan fingerprint density at radius 3 is 3.18 bits per heavy atom. The molecular formula is C7H7N3O. The average Bonchev–Trinajstić information content (AvgIpc) is 2.50. The van der Waals surface area contributed by atoms with Crippen LogP contribution in [-0.4, -0.2) is 17.4 Å². The molecule has 0 amide bonds. The highest BCUT2D eigenvalue weighted by atomic mass is 16.3. The minimum absolute atomic E-state index is 0.0861. The minimum atomic E-state index is 0.0861. The molecule has 1 aliphatic carbocycles. The number of aliphatic hydroxyl groups excluding tert-OH is 1. The van der Waals surface area contributed by atoms with Gasteiger partial charge in [0.25, 0.3) is 0 Å². The van der Waals surface area contributed by atoms with Gasteiger partial charge < -0.3 is 5.11 Å². The van der Waals surface area contributed by atoms with Crippen LogP contribution >= 0.6 is 0 Å². The molecule has 1 N–H and O–H groups in total. The van der Waals surface area contributed by atoms with Crippen LogP contribution in [0.3, 0.4) is 0 Å². The Morgan fingerprint density at radius 2 is 2.36 bits per heavy atom. The summed E-state index contributed by atoms with van der Waals surface area (Å²) in [5.41, 5.74) is 2.64. The monoisotopic (exact) mass is 149 g/mol. The van der Waals surface area contributed by atoms with Crippen molar-refractivity contribution in [1.29, 1.82) is 0 Å². The van der Waals surface area contributed by atoms with Crippen LogP contribution in [-0.2, 0) is 0 Å². The Hall–Kier alpha value is -1.29. The van der Waals surface area contributed by atoms with Crippen LogP contribution in [0.25, 0.3) is 0 Å². The molecule has 11 heavy (non-hydrogen) atoms. The van der Waals surface area contributed by atoms with Crippen molar-refractivity contribution >= 4 is 5.71 Å². The molecule has 0 atom stereocenters. The first-order valence-electron chi connectivity index (χ1n) is 3.38. The largest absolute Gasteiger partial charge is 0.392 e. The van der Waals surface area contributed by atoms with Gasteiger partial charge in [-0.25, -0.2) is 0 Å². The smallest absolute Gasteiger partial charge is 0.111 e. The topological polar surface area (TPSA) is 57.3 Å². The fourth-order valence-corrected chi connectivity index (χ4v) is 1.07. The second-order valence-corrected chi connectivity index (χ2v) is 2.45. The number of hydrogen-bond acceptors (Lipinski definition) is 4. The van der Waals surface area contributed by atoms with E-state index < -0.39 is 0 Å². The van der Waals surface area contributed by atoms with Crippen LogP contribution in [0.1, 0.15) is 6.42 Å². The number of nitrogens with zero attached hydrogens (tertiary/aromatic N) is 3. The highest BCUT2D eigenvalue weighted by molar-refractivity contribution is 6.03. The highest BCUT2D eigenvalue weighted by Crippen LogP contribution is 2.20. The van der Waals surface area contributed by atoms with Gasteiger partial charge in [0.05, 0.1) is 12.3 Å². The van der Waals surface area contributed by atoms with Crippen LogP contribution in [0.4, 0.5) is 0 Å². The lowest BCUT2D eigenvalue weighted by Gasteiger charge is -2.06. The summed E-state index contributed by atoms with van der Waals surface area (Å²) in [7, 11) is 0. The Morgan fingerprint density at radius 1 is 1.45 bits per heavy atom. The molecule has 0 saturated heterocycles. The third-order valence-electron chi connectivity index (χ3n) is 1.69. The van der Waals surface area contributed by atoms with Crippen molar-refractivity contribution in [3.63, 3.8) is 0 Å². The number of aliphatic hydroxyl groups is 1. The van der Waals surface area contributed by atoms with Crippen molar-refractivity contribution in [2.45, 2.75) is 6.42 Å². The van der Waals surface area contributed by atoms with Crippen molar-refractivity contribution < 1.29 is 5.11 Å². The van der Waals surface area contributed by atoms with Gasteiger partial charge >= 0.3 is 0 Å². The molecular weight excluding hydrogens is 142 g/mol. The summed E-state index contributed by atoms with van der Waals surface area (Å²) in [6.07, 6.45) is 4.36. The lowest BCUT2D eigenvalue weighted by Crippen LogP contribution is -2.06. The van der Waals surface area contributed by atoms with Crippen molar-refractivity contribution in [3.05, 3.63) is 23.4 Å². The van der Waals surface area contributed by atoms with Gasteiger partial charge in [-0.1, -0.05) is 6.08 Å². The maximum atomic E-state index is 8.80. The van der Waals surface area contributed by atoms with Crippen molar-refractivity contribution in [3.8, 4) is 0 Å². The van der Waals surface area contributed by atoms with E-state index in [1.54, 1.807) is 0 Å². The van der Waals surface area contributed by atoms with Gasteiger partial charge in [0, 0.05) is 6.42 Å². The van der Waals surface area contributed by atoms with E-state index >= 15 is 0 Å². The molecule has 1 heterocycles. The maximum Gasteiger partial charge on any atom is 0.111 e. The van der Waals surface area contributed by atoms with Crippen LogP contribution in [0.5, 0.6) is 0 Å². The van der Waals surface area contributed by atoms with Crippen molar-refractivity contribution in [2.24, 2.45) is 15.4 Å². The molecule has 2 rings (SSSR count). The Kier molecular flexibility index (Phi) is 1.40. The van der Waals surface area contributed by atoms with Gasteiger partial charge in [-0.2, -0.15) is 0 Å². The second kappa shape index (κ2) is 2.39. The van der Waals surface area contributed by atoms with Crippen LogP contribution in [0.15, 0.2) is 38.9 Å². The van der Waals surface area contributed by atoms with Crippen LogP contribution < -0.4 is 0 Å². The third kappa shape index (κ3) is 1.01. The zero-order chi connectivity index (χ0) is 7.68. The van der Waals surface area contributed by atoms with Gasteiger partial charge in [-0.05, 0) is 16.9 Å². The van der Waals surface area contributed by atoms with Crippen LogP contribution in [0.2, 0.25) is 0 Å². The molecule has 2 aliphatic rings. The van der Waals surface area contributed by atoms with Crippen LogP contribution in [0, 0.1) is 0 Å². The molecule has 0 unspecified atom stereocenters. The summed E-state index contributed by atoms with van der Waals surface area (Å²) in [5.74, 6) is 0. The molecule has 4 heteroatoms. The lowest BCUT2D eigenvalue weighted by molar-refractivity contribution is 0.329. The molecule has 56 valence electrons. The maximum absolute atomic E-state index is 8.80. The summed E-state index contributed by atoms with van der Waals surface area (Å²) in [6.45, 7) is 0.0861. The normalized spacial score (nSPS) is 20.6. The summed E-state index contributed by atoms with van der Waals surface area (Å²) in [4.78, 5) is 0. The predicted octanol–water partition coefficient (Wildman–Crippen LogP) is 1.01. The molecule has 0 aromatic rings. The minimum Gasteiger partial charge on any atom is -0.392 e. The van der Waals surface area contributed by atoms with Gasteiger partial charge in [-0.3, -0.25) is 0 Å². The first kappa shape index (κ1) is 6.42. The Balaban J connectivity index is 2.30. The summed E-state index contributed by atoms with van der Waals surface area (Å²) >= 11 is 0. The number of fused-ring (bicyclic) bond motifs is 1. The van der Waals surface area contributed by atoms with E-state index in [0.717, 1.165) is 17.0 Å². The van der Waals surface area contributed by atoms with E-state index in [1.165, 1.54) is 0 Å². The van der Waals surface area contributed by atoms with Gasteiger partial charge in [0.1, 0.15) is 5.70 Å². The highest BCUT2D eigenvalue weighted by Gasteiger charge is 2.16. The van der Waals surface area contributed by atoms with E-state index in [0.29, 0.717) is 6.42 Å².